The number of nitrogen functional groups attached to an aromatic ring is 2. The van der Waals surface area contributed by atoms with Crippen LogP contribution in [0.2, 0.25) is 0 Å². The SMILES string of the molecule is N#Cc1ccc(Sc2nc(N)cc(N)n2)cn1. The zero-order chi connectivity index (χ0) is 12.3. The van der Waals surface area contributed by atoms with Crippen molar-refractivity contribution in [1.29, 1.82) is 5.26 Å². The summed E-state index contributed by atoms with van der Waals surface area (Å²) in [6.07, 6.45) is 1.58. The molecule has 2 heterocycles. The lowest BCUT2D eigenvalue weighted by Crippen LogP contribution is -1.99. The first-order valence-corrected chi connectivity index (χ1v) is 5.43. The second-order valence-electron chi connectivity index (χ2n) is 3.09. The highest BCUT2D eigenvalue weighted by atomic mass is 32.2. The molecule has 0 aliphatic heterocycles. The molecule has 0 fully saturated rings. The van der Waals surface area contributed by atoms with E-state index in [1.54, 1.807) is 18.3 Å². The maximum atomic E-state index is 8.61. The molecule has 0 aliphatic carbocycles. The molecule has 0 saturated carbocycles. The fourth-order valence-electron chi connectivity index (χ4n) is 1.12. The van der Waals surface area contributed by atoms with Crippen LogP contribution in [0.25, 0.3) is 0 Å². The molecule has 6 nitrogen and oxygen atoms in total. The van der Waals surface area contributed by atoms with Crippen LogP contribution in [0.15, 0.2) is 34.4 Å². The molecule has 0 radical (unpaired) electrons. The van der Waals surface area contributed by atoms with Gasteiger partial charge in [0, 0.05) is 17.2 Å². The Morgan fingerprint density at radius 3 is 2.41 bits per heavy atom. The van der Waals surface area contributed by atoms with E-state index >= 15 is 0 Å². The van der Waals surface area contributed by atoms with E-state index < -0.39 is 0 Å². The summed E-state index contributed by atoms with van der Waals surface area (Å²) in [5, 5.41) is 9.07. The van der Waals surface area contributed by atoms with Gasteiger partial charge in [-0.3, -0.25) is 0 Å². The first-order chi connectivity index (χ1) is 8.17. The Hall–Kier alpha value is -2.33. The van der Waals surface area contributed by atoms with Gasteiger partial charge < -0.3 is 11.5 Å². The van der Waals surface area contributed by atoms with E-state index in [0.29, 0.717) is 22.5 Å². The van der Waals surface area contributed by atoms with Crippen LogP contribution in [0.4, 0.5) is 11.6 Å². The summed E-state index contributed by atoms with van der Waals surface area (Å²) in [5.74, 6) is 0.642. The van der Waals surface area contributed by atoms with E-state index in [2.05, 4.69) is 15.0 Å². The summed E-state index contributed by atoms with van der Waals surface area (Å²) in [6, 6.07) is 6.82. The average molecular weight is 244 g/mol. The molecular formula is C10H8N6S. The van der Waals surface area contributed by atoms with Crippen LogP contribution in [0.5, 0.6) is 0 Å². The Bertz CT molecular complexity index is 554. The summed E-state index contributed by atoms with van der Waals surface area (Å²) in [6.45, 7) is 0. The zero-order valence-electron chi connectivity index (χ0n) is 8.66. The number of aromatic nitrogens is 3. The van der Waals surface area contributed by atoms with Gasteiger partial charge in [-0.15, -0.1) is 0 Å². The summed E-state index contributed by atoms with van der Waals surface area (Å²) in [7, 11) is 0. The molecule has 4 N–H and O–H groups in total. The van der Waals surface area contributed by atoms with E-state index in [4.69, 9.17) is 16.7 Å². The lowest BCUT2D eigenvalue weighted by Gasteiger charge is -2.02. The highest BCUT2D eigenvalue weighted by molar-refractivity contribution is 7.99. The van der Waals surface area contributed by atoms with Gasteiger partial charge in [-0.25, -0.2) is 15.0 Å². The predicted molar refractivity (Wildman–Crippen MR) is 63.9 cm³/mol. The number of hydrogen-bond acceptors (Lipinski definition) is 7. The number of rotatable bonds is 2. The second kappa shape index (κ2) is 4.67. The topological polar surface area (TPSA) is 114 Å². The van der Waals surface area contributed by atoms with Gasteiger partial charge in [0.1, 0.15) is 23.4 Å². The first-order valence-electron chi connectivity index (χ1n) is 4.61. The van der Waals surface area contributed by atoms with Crippen LogP contribution < -0.4 is 11.5 Å². The van der Waals surface area contributed by atoms with E-state index in [9.17, 15) is 0 Å². The number of nitrogens with two attached hydrogens (primary N) is 2. The predicted octanol–water partition coefficient (Wildman–Crippen LogP) is 1.06. The molecule has 0 aromatic carbocycles. The summed E-state index contributed by atoms with van der Waals surface area (Å²) < 4.78 is 0. The Morgan fingerprint density at radius 1 is 1.18 bits per heavy atom. The van der Waals surface area contributed by atoms with Crippen molar-refractivity contribution in [3.8, 4) is 6.07 Å². The Morgan fingerprint density at radius 2 is 1.88 bits per heavy atom. The molecule has 84 valence electrons. The highest BCUT2D eigenvalue weighted by Crippen LogP contribution is 2.25. The molecule has 2 aromatic rings. The summed E-state index contributed by atoms with van der Waals surface area (Å²) >= 11 is 1.28. The lowest BCUT2D eigenvalue weighted by atomic mass is 10.4. The fourth-order valence-corrected chi connectivity index (χ4v) is 1.87. The molecular weight excluding hydrogens is 236 g/mol. The quantitative estimate of drug-likeness (QED) is 0.759. The van der Waals surface area contributed by atoms with E-state index in [1.165, 1.54) is 17.8 Å². The zero-order valence-corrected chi connectivity index (χ0v) is 9.48. The molecule has 0 unspecified atom stereocenters. The number of hydrogen-bond donors (Lipinski definition) is 2. The minimum atomic E-state index is 0.321. The largest absolute Gasteiger partial charge is 0.383 e. The number of nitrogens with zero attached hydrogens (tertiary/aromatic N) is 4. The number of nitriles is 1. The molecule has 0 spiro atoms. The highest BCUT2D eigenvalue weighted by Gasteiger charge is 2.03. The van der Waals surface area contributed by atoms with Crippen molar-refractivity contribution in [2.75, 3.05) is 11.5 Å². The maximum Gasteiger partial charge on any atom is 0.196 e. The number of pyridine rings is 1. The van der Waals surface area contributed by atoms with Crippen molar-refractivity contribution in [2.24, 2.45) is 0 Å². The number of anilines is 2. The molecule has 0 amide bonds. The van der Waals surface area contributed by atoms with Gasteiger partial charge in [-0.1, -0.05) is 0 Å². The minimum Gasteiger partial charge on any atom is -0.383 e. The van der Waals surface area contributed by atoms with E-state index in [0.717, 1.165) is 4.90 Å². The van der Waals surface area contributed by atoms with Gasteiger partial charge in [0.05, 0.1) is 0 Å². The van der Waals surface area contributed by atoms with Crippen LogP contribution in [0.3, 0.4) is 0 Å². The Labute approximate surface area is 102 Å². The van der Waals surface area contributed by atoms with Gasteiger partial charge in [0.25, 0.3) is 0 Å². The van der Waals surface area contributed by atoms with E-state index in [-0.39, 0.29) is 0 Å². The first kappa shape index (κ1) is 11.2. The standard InChI is InChI=1S/C10H8N6S/c11-4-6-1-2-7(5-14-6)17-10-15-8(12)3-9(13)16-10/h1-3,5H,(H4,12,13,15,16). The van der Waals surface area contributed by atoms with Gasteiger partial charge in [-0.05, 0) is 23.9 Å². The van der Waals surface area contributed by atoms with Gasteiger partial charge in [0.2, 0.25) is 0 Å². The third-order valence-electron chi connectivity index (χ3n) is 1.81. The minimum absolute atomic E-state index is 0.321. The smallest absolute Gasteiger partial charge is 0.196 e. The molecule has 0 atom stereocenters. The van der Waals surface area contributed by atoms with Crippen molar-refractivity contribution in [2.45, 2.75) is 10.1 Å². The Kier molecular flexibility index (Phi) is 3.07. The molecule has 0 saturated heterocycles. The molecule has 2 rings (SSSR count). The third kappa shape index (κ3) is 2.83. The molecule has 17 heavy (non-hydrogen) atoms. The fraction of sp³-hybridized carbons (Fsp3) is 0. The van der Waals surface area contributed by atoms with Crippen LogP contribution in [0.1, 0.15) is 5.69 Å². The van der Waals surface area contributed by atoms with Gasteiger partial charge in [0.15, 0.2) is 5.16 Å². The third-order valence-corrected chi connectivity index (χ3v) is 2.65. The van der Waals surface area contributed by atoms with Crippen LogP contribution in [-0.4, -0.2) is 15.0 Å². The van der Waals surface area contributed by atoms with Crippen molar-refractivity contribution >= 4 is 23.4 Å². The summed E-state index contributed by atoms with van der Waals surface area (Å²) in [5.41, 5.74) is 11.5. The van der Waals surface area contributed by atoms with Crippen molar-refractivity contribution in [3.63, 3.8) is 0 Å². The van der Waals surface area contributed by atoms with Crippen molar-refractivity contribution in [1.82, 2.24) is 15.0 Å². The Balaban J connectivity index is 2.22. The molecule has 0 bridgehead atoms. The second-order valence-corrected chi connectivity index (χ2v) is 4.13. The lowest BCUT2D eigenvalue weighted by molar-refractivity contribution is 0.983. The van der Waals surface area contributed by atoms with Crippen molar-refractivity contribution in [3.05, 3.63) is 30.1 Å². The monoisotopic (exact) mass is 244 g/mol. The molecule has 2 aromatic heterocycles. The van der Waals surface area contributed by atoms with Crippen LogP contribution >= 0.6 is 11.8 Å². The summed E-state index contributed by atoms with van der Waals surface area (Å²) in [4.78, 5) is 12.8. The van der Waals surface area contributed by atoms with E-state index in [1.807, 2.05) is 6.07 Å². The van der Waals surface area contributed by atoms with Gasteiger partial charge in [-0.2, -0.15) is 5.26 Å². The van der Waals surface area contributed by atoms with Crippen molar-refractivity contribution < 1.29 is 0 Å². The van der Waals surface area contributed by atoms with Gasteiger partial charge >= 0.3 is 0 Å². The normalized spacial score (nSPS) is 9.82. The average Bonchev–Trinajstić information content (AvgIpc) is 2.28. The van der Waals surface area contributed by atoms with Crippen LogP contribution in [0, 0.1) is 11.3 Å². The molecule has 0 aliphatic rings. The molecule has 7 heteroatoms. The van der Waals surface area contributed by atoms with Crippen LogP contribution in [-0.2, 0) is 0 Å². The maximum absolute atomic E-state index is 8.61.